The molecule has 3 rings (SSSR count). The van der Waals surface area contributed by atoms with Crippen molar-refractivity contribution in [3.8, 4) is 5.88 Å². The molecule has 2 unspecified atom stereocenters. The number of rotatable bonds is 10. The smallest absolute Gasteiger partial charge is 0.432 e. The third kappa shape index (κ3) is 6.80. The first kappa shape index (κ1) is 28.9. The molecule has 2 heterocycles. The standard InChI is InChI=1S/C21H23ClF3N3O8S/c1-33-9-10-35-28(37(31,32)27(20(29)30)13-15-5-3-2-4-6-15)7-8-34-18(14-28)36-19-17(22)11-16(12-26-19)21(23,24)25/h2-6,11-12,18H,7-10,13-14H2,1H3/p+1. The van der Waals surface area contributed by atoms with Crippen molar-refractivity contribution in [1.29, 1.82) is 0 Å². The predicted molar refractivity (Wildman–Crippen MR) is 121 cm³/mol. The zero-order chi connectivity index (χ0) is 27.3. The Labute approximate surface area is 215 Å². The van der Waals surface area contributed by atoms with Gasteiger partial charge in [0.15, 0.2) is 13.1 Å². The van der Waals surface area contributed by atoms with Gasteiger partial charge in [-0.3, -0.25) is 0 Å². The van der Waals surface area contributed by atoms with E-state index in [0.29, 0.717) is 17.8 Å². The van der Waals surface area contributed by atoms with Crippen LogP contribution < -0.4 is 4.74 Å². The summed E-state index contributed by atoms with van der Waals surface area (Å²) < 4.78 is 81.1. The van der Waals surface area contributed by atoms with E-state index in [0.717, 1.165) is 0 Å². The first-order valence-electron chi connectivity index (χ1n) is 10.7. The molecule has 1 aliphatic heterocycles. The van der Waals surface area contributed by atoms with Crippen LogP contribution in [0.4, 0.5) is 18.0 Å². The van der Waals surface area contributed by atoms with Crippen LogP contribution in [0.25, 0.3) is 0 Å². The zero-order valence-corrected chi connectivity index (χ0v) is 21.0. The Bertz CT molecular complexity index is 1190. The Hall–Kier alpha value is -2.69. The number of pyridine rings is 1. The molecule has 1 fully saturated rings. The van der Waals surface area contributed by atoms with Gasteiger partial charge in [0, 0.05) is 13.3 Å². The highest BCUT2D eigenvalue weighted by atomic mass is 35.5. The molecular formula is C21H24ClF3N3O8S+. The number of alkyl halides is 3. The van der Waals surface area contributed by atoms with E-state index < -0.39 is 62.4 Å². The van der Waals surface area contributed by atoms with Crippen molar-refractivity contribution >= 4 is 27.9 Å². The summed E-state index contributed by atoms with van der Waals surface area (Å²) >= 11 is 5.90. The highest BCUT2D eigenvalue weighted by Crippen LogP contribution is 2.34. The van der Waals surface area contributed by atoms with Crippen LogP contribution in [0.5, 0.6) is 5.88 Å². The van der Waals surface area contributed by atoms with E-state index in [2.05, 4.69) is 4.98 Å². The van der Waals surface area contributed by atoms with Crippen LogP contribution in [-0.2, 0) is 37.2 Å². The molecule has 2 aromatic rings. The summed E-state index contributed by atoms with van der Waals surface area (Å²) in [4.78, 5) is 21.3. The summed E-state index contributed by atoms with van der Waals surface area (Å²) in [7, 11) is -3.43. The van der Waals surface area contributed by atoms with Crippen LogP contribution in [0.1, 0.15) is 11.1 Å². The van der Waals surface area contributed by atoms with Gasteiger partial charge in [0.1, 0.15) is 18.2 Å². The molecule has 1 aromatic heterocycles. The van der Waals surface area contributed by atoms with E-state index in [1.165, 1.54) is 7.11 Å². The number of hydroxylamine groups is 2. The first-order valence-corrected chi connectivity index (χ1v) is 12.5. The van der Waals surface area contributed by atoms with Crippen molar-refractivity contribution in [2.24, 2.45) is 0 Å². The van der Waals surface area contributed by atoms with Crippen LogP contribution in [0, 0.1) is 0 Å². The molecule has 1 aromatic carbocycles. The van der Waals surface area contributed by atoms with E-state index in [9.17, 15) is 31.5 Å². The molecule has 1 N–H and O–H groups in total. The van der Waals surface area contributed by atoms with Gasteiger partial charge in [-0.2, -0.15) is 22.3 Å². The number of hydrogen-bond donors (Lipinski definition) is 1. The van der Waals surface area contributed by atoms with Crippen molar-refractivity contribution in [2.75, 3.05) is 40.0 Å². The van der Waals surface area contributed by atoms with E-state index in [4.69, 9.17) is 30.6 Å². The number of halogens is 4. The average molecular weight is 571 g/mol. The van der Waals surface area contributed by atoms with Crippen molar-refractivity contribution in [2.45, 2.75) is 19.0 Å². The Morgan fingerprint density at radius 3 is 2.59 bits per heavy atom. The van der Waals surface area contributed by atoms with Gasteiger partial charge >= 0.3 is 22.5 Å². The molecule has 16 heteroatoms. The minimum atomic E-state index is -4.79. The number of nitrogens with zero attached hydrogens (tertiary/aromatic N) is 3. The second kappa shape index (κ2) is 11.8. The first-order chi connectivity index (χ1) is 17.4. The zero-order valence-electron chi connectivity index (χ0n) is 19.4. The molecule has 0 saturated carbocycles. The Morgan fingerprint density at radius 1 is 1.30 bits per heavy atom. The summed E-state index contributed by atoms with van der Waals surface area (Å²) in [5.41, 5.74) is -0.701. The minimum absolute atomic E-state index is 0.0139. The monoisotopic (exact) mass is 570 g/mol. The molecule has 1 amide bonds. The predicted octanol–water partition coefficient (Wildman–Crippen LogP) is 3.31. The summed E-state index contributed by atoms with van der Waals surface area (Å²) in [5.74, 6) is -0.437. The highest BCUT2D eigenvalue weighted by Gasteiger charge is 2.55. The number of aromatic nitrogens is 1. The Kier molecular flexibility index (Phi) is 9.20. The minimum Gasteiger partial charge on any atom is -0.464 e. The fraction of sp³-hybridized carbons (Fsp3) is 0.429. The maximum absolute atomic E-state index is 13.7. The van der Waals surface area contributed by atoms with Crippen LogP contribution in [0.2, 0.25) is 5.02 Å². The van der Waals surface area contributed by atoms with Crippen molar-refractivity contribution in [1.82, 2.24) is 9.29 Å². The van der Waals surface area contributed by atoms with E-state index in [1.807, 2.05) is 0 Å². The number of hydrogen-bond acceptors (Lipinski definition) is 8. The number of morpholine rings is 1. The number of methoxy groups -OCH3 is 1. The molecular weight excluding hydrogens is 547 g/mol. The lowest BCUT2D eigenvalue weighted by molar-refractivity contribution is -1.02. The lowest BCUT2D eigenvalue weighted by atomic mass is 10.2. The topological polar surface area (TPSA) is 124 Å². The van der Waals surface area contributed by atoms with E-state index in [-0.39, 0.29) is 30.7 Å². The summed E-state index contributed by atoms with van der Waals surface area (Å²) in [6.07, 6.45) is -7.34. The van der Waals surface area contributed by atoms with E-state index in [1.54, 1.807) is 30.3 Å². The molecule has 0 aliphatic carbocycles. The Morgan fingerprint density at radius 2 is 2.00 bits per heavy atom. The maximum atomic E-state index is 13.7. The van der Waals surface area contributed by atoms with Crippen LogP contribution in [0.3, 0.4) is 0 Å². The third-order valence-electron chi connectivity index (χ3n) is 5.24. The highest BCUT2D eigenvalue weighted by molar-refractivity contribution is 7.83. The number of benzene rings is 1. The summed E-state index contributed by atoms with van der Waals surface area (Å²) in [6.45, 7) is -1.93. The molecule has 0 radical (unpaired) electrons. The van der Waals surface area contributed by atoms with Gasteiger partial charge in [-0.25, -0.2) is 9.78 Å². The van der Waals surface area contributed by atoms with Gasteiger partial charge in [-0.05, 0) is 11.6 Å². The van der Waals surface area contributed by atoms with Crippen molar-refractivity contribution in [3.63, 3.8) is 0 Å². The number of ether oxygens (including phenoxy) is 3. The van der Waals surface area contributed by atoms with Crippen molar-refractivity contribution < 1.29 is 54.6 Å². The quantitative estimate of drug-likeness (QED) is 0.338. The molecule has 1 aliphatic rings. The fourth-order valence-electron chi connectivity index (χ4n) is 3.41. The summed E-state index contributed by atoms with van der Waals surface area (Å²) in [5, 5.41) is 9.31. The fourth-order valence-corrected chi connectivity index (χ4v) is 5.32. The van der Waals surface area contributed by atoms with Gasteiger partial charge in [-0.15, -0.1) is 8.42 Å². The lowest BCUT2D eigenvalue weighted by Crippen LogP contribution is -2.66. The Balaban J connectivity index is 1.92. The molecule has 0 spiro atoms. The number of carbonyl (C=O) groups is 1. The molecule has 37 heavy (non-hydrogen) atoms. The average Bonchev–Trinajstić information content (AvgIpc) is 2.84. The van der Waals surface area contributed by atoms with Crippen LogP contribution >= 0.6 is 11.6 Å². The van der Waals surface area contributed by atoms with Gasteiger partial charge in [0.2, 0.25) is 5.88 Å². The van der Waals surface area contributed by atoms with Crippen molar-refractivity contribution in [3.05, 3.63) is 58.7 Å². The maximum Gasteiger partial charge on any atom is 0.432 e. The normalized spacial score (nSPS) is 20.4. The third-order valence-corrected chi connectivity index (χ3v) is 7.63. The van der Waals surface area contributed by atoms with Gasteiger partial charge in [0.25, 0.3) is 6.29 Å². The molecule has 1 saturated heterocycles. The second-order valence-electron chi connectivity index (χ2n) is 7.73. The van der Waals surface area contributed by atoms with Gasteiger partial charge in [0.05, 0.1) is 18.7 Å². The number of carboxylic acid groups (broad SMARTS) is 1. The lowest BCUT2D eigenvalue weighted by Gasteiger charge is -2.40. The summed E-state index contributed by atoms with van der Waals surface area (Å²) in [6, 6.07) is 8.67. The van der Waals surface area contributed by atoms with Gasteiger partial charge < -0.3 is 19.3 Å². The largest absolute Gasteiger partial charge is 0.464 e. The second-order valence-corrected chi connectivity index (χ2v) is 10.1. The number of amides is 1. The molecule has 0 bridgehead atoms. The van der Waals surface area contributed by atoms with E-state index >= 15 is 0 Å². The SMILES string of the molecule is COCCO[N+]1(S(=O)(=O)N(Cc2ccccc2)C(=O)O)CCOC(Oc2ncc(C(F)(F)F)cc2Cl)C1. The number of quaternary nitrogens is 1. The molecule has 204 valence electrons. The van der Waals surface area contributed by atoms with Crippen LogP contribution in [0.15, 0.2) is 42.6 Å². The molecule has 2 atom stereocenters. The molecule has 11 nitrogen and oxygen atoms in total. The van der Waals surface area contributed by atoms with Gasteiger partial charge in [-0.1, -0.05) is 46.0 Å². The van der Waals surface area contributed by atoms with Crippen LogP contribution in [-0.4, -0.2) is 79.3 Å².